The molecule has 1 unspecified atom stereocenters. The molecule has 1 heterocycles. The number of rotatable bonds is 8. The van der Waals surface area contributed by atoms with Gasteiger partial charge in [-0.25, -0.2) is 9.97 Å². The van der Waals surface area contributed by atoms with E-state index in [1.165, 1.54) is 32.0 Å². The molecule has 0 aromatic carbocycles. The van der Waals surface area contributed by atoms with Crippen LogP contribution in [0.2, 0.25) is 0 Å². The van der Waals surface area contributed by atoms with E-state index in [9.17, 15) is 0 Å². The molecule has 0 saturated carbocycles. The molecule has 1 atom stereocenters. The molecule has 96 valence electrons. The van der Waals surface area contributed by atoms with Crippen LogP contribution in [0.1, 0.15) is 44.7 Å². The van der Waals surface area contributed by atoms with Crippen LogP contribution in [0.5, 0.6) is 5.88 Å². The van der Waals surface area contributed by atoms with Gasteiger partial charge in [0.1, 0.15) is 6.33 Å². The molecule has 1 aromatic rings. The number of nitrogens with zero attached hydrogens (tertiary/aromatic N) is 2. The fourth-order valence-corrected chi connectivity index (χ4v) is 1.80. The minimum Gasteiger partial charge on any atom is -0.481 e. The Morgan fingerprint density at radius 1 is 1.29 bits per heavy atom. The summed E-state index contributed by atoms with van der Waals surface area (Å²) < 4.78 is 5.06. The predicted octanol–water partition coefficient (Wildman–Crippen LogP) is 2.33. The summed E-state index contributed by atoms with van der Waals surface area (Å²) in [5, 5.41) is 0. The Morgan fingerprint density at radius 2 is 2.12 bits per heavy atom. The lowest BCUT2D eigenvalue weighted by Gasteiger charge is -2.11. The Balaban J connectivity index is 2.31. The number of aromatic nitrogens is 2. The van der Waals surface area contributed by atoms with Gasteiger partial charge in [-0.1, -0.05) is 32.6 Å². The van der Waals surface area contributed by atoms with E-state index in [0.29, 0.717) is 5.88 Å². The fraction of sp³-hybridized carbons (Fsp3) is 0.692. The van der Waals surface area contributed by atoms with E-state index in [-0.39, 0.29) is 6.04 Å². The third-order valence-electron chi connectivity index (χ3n) is 2.81. The molecule has 0 aliphatic rings. The summed E-state index contributed by atoms with van der Waals surface area (Å²) in [4.78, 5) is 8.18. The Labute approximate surface area is 104 Å². The van der Waals surface area contributed by atoms with Crippen molar-refractivity contribution in [1.82, 2.24) is 9.97 Å². The molecule has 17 heavy (non-hydrogen) atoms. The van der Waals surface area contributed by atoms with Crippen molar-refractivity contribution in [3.05, 3.63) is 18.1 Å². The third kappa shape index (κ3) is 5.63. The Bertz CT molecular complexity index is 317. The van der Waals surface area contributed by atoms with Crippen LogP contribution in [-0.2, 0) is 6.42 Å². The maximum absolute atomic E-state index is 6.08. The normalized spacial score (nSPS) is 12.4. The average molecular weight is 237 g/mol. The molecular formula is C13H23N3O. The number of hydrogen-bond donors (Lipinski definition) is 1. The van der Waals surface area contributed by atoms with E-state index < -0.39 is 0 Å². The SMILES string of the molecule is CCCCCCC(N)Cc1cc(OC)ncn1. The van der Waals surface area contributed by atoms with Gasteiger partial charge in [-0.15, -0.1) is 0 Å². The molecule has 0 radical (unpaired) electrons. The van der Waals surface area contributed by atoms with Gasteiger partial charge in [0.2, 0.25) is 5.88 Å². The molecule has 1 aromatic heterocycles. The second-order valence-electron chi connectivity index (χ2n) is 4.37. The van der Waals surface area contributed by atoms with Gasteiger partial charge in [-0.3, -0.25) is 0 Å². The van der Waals surface area contributed by atoms with Gasteiger partial charge in [-0.2, -0.15) is 0 Å². The molecule has 0 bridgehead atoms. The molecule has 0 saturated heterocycles. The van der Waals surface area contributed by atoms with Gasteiger partial charge < -0.3 is 10.5 Å². The summed E-state index contributed by atoms with van der Waals surface area (Å²) in [7, 11) is 1.61. The van der Waals surface area contributed by atoms with Gasteiger partial charge in [0.05, 0.1) is 7.11 Å². The van der Waals surface area contributed by atoms with Crippen LogP contribution in [-0.4, -0.2) is 23.1 Å². The van der Waals surface area contributed by atoms with Crippen LogP contribution in [0.3, 0.4) is 0 Å². The van der Waals surface area contributed by atoms with Crippen LogP contribution in [0.25, 0.3) is 0 Å². The van der Waals surface area contributed by atoms with Crippen LogP contribution in [0.4, 0.5) is 0 Å². The van der Waals surface area contributed by atoms with Crippen LogP contribution < -0.4 is 10.5 Å². The number of unbranched alkanes of at least 4 members (excludes halogenated alkanes) is 3. The lowest BCUT2D eigenvalue weighted by molar-refractivity contribution is 0.395. The first-order valence-corrected chi connectivity index (χ1v) is 6.36. The van der Waals surface area contributed by atoms with E-state index in [2.05, 4.69) is 16.9 Å². The van der Waals surface area contributed by atoms with Gasteiger partial charge in [0.15, 0.2) is 0 Å². The number of hydrogen-bond acceptors (Lipinski definition) is 4. The third-order valence-corrected chi connectivity index (χ3v) is 2.81. The number of ether oxygens (including phenoxy) is 1. The van der Waals surface area contributed by atoms with Gasteiger partial charge in [-0.05, 0) is 6.42 Å². The first kappa shape index (κ1) is 13.9. The number of nitrogens with two attached hydrogens (primary N) is 1. The zero-order valence-corrected chi connectivity index (χ0v) is 10.9. The van der Waals surface area contributed by atoms with Crippen molar-refractivity contribution in [2.45, 2.75) is 51.5 Å². The smallest absolute Gasteiger partial charge is 0.216 e. The average Bonchev–Trinajstić information content (AvgIpc) is 2.35. The highest BCUT2D eigenvalue weighted by Gasteiger charge is 2.06. The van der Waals surface area contributed by atoms with Crippen LogP contribution in [0, 0.1) is 0 Å². The summed E-state index contributed by atoms with van der Waals surface area (Å²) in [5.41, 5.74) is 7.04. The molecule has 0 spiro atoms. The summed E-state index contributed by atoms with van der Waals surface area (Å²) in [5.74, 6) is 0.605. The van der Waals surface area contributed by atoms with Crippen molar-refractivity contribution in [3.8, 4) is 5.88 Å². The largest absolute Gasteiger partial charge is 0.481 e. The highest BCUT2D eigenvalue weighted by Crippen LogP contribution is 2.10. The zero-order valence-electron chi connectivity index (χ0n) is 10.9. The summed E-state index contributed by atoms with van der Waals surface area (Å²) in [6.45, 7) is 2.22. The quantitative estimate of drug-likeness (QED) is 0.705. The second kappa shape index (κ2) is 8.01. The van der Waals surface area contributed by atoms with Crippen molar-refractivity contribution >= 4 is 0 Å². The van der Waals surface area contributed by atoms with E-state index in [4.69, 9.17) is 10.5 Å². The van der Waals surface area contributed by atoms with Crippen LogP contribution >= 0.6 is 0 Å². The second-order valence-corrected chi connectivity index (χ2v) is 4.37. The summed E-state index contributed by atoms with van der Waals surface area (Å²) >= 11 is 0. The molecule has 2 N–H and O–H groups in total. The van der Waals surface area contributed by atoms with Crippen molar-refractivity contribution in [2.24, 2.45) is 5.73 Å². The van der Waals surface area contributed by atoms with Crippen LogP contribution in [0.15, 0.2) is 12.4 Å². The fourth-order valence-electron chi connectivity index (χ4n) is 1.80. The highest BCUT2D eigenvalue weighted by molar-refractivity contribution is 5.14. The minimum absolute atomic E-state index is 0.187. The van der Waals surface area contributed by atoms with E-state index in [0.717, 1.165) is 18.5 Å². The van der Waals surface area contributed by atoms with Gasteiger partial charge in [0, 0.05) is 24.2 Å². The molecule has 0 amide bonds. The molecule has 1 rings (SSSR count). The van der Waals surface area contributed by atoms with E-state index >= 15 is 0 Å². The lowest BCUT2D eigenvalue weighted by Crippen LogP contribution is -2.23. The molecular weight excluding hydrogens is 214 g/mol. The maximum atomic E-state index is 6.08. The Morgan fingerprint density at radius 3 is 2.82 bits per heavy atom. The molecule has 0 aliphatic heterocycles. The summed E-state index contributed by atoms with van der Waals surface area (Å²) in [6, 6.07) is 2.04. The summed E-state index contributed by atoms with van der Waals surface area (Å²) in [6.07, 6.45) is 8.43. The molecule has 0 aliphatic carbocycles. The van der Waals surface area contributed by atoms with Crippen molar-refractivity contribution in [3.63, 3.8) is 0 Å². The minimum atomic E-state index is 0.187. The standard InChI is InChI=1S/C13H23N3O/c1-3-4-5-6-7-11(14)8-12-9-13(17-2)16-10-15-12/h9-11H,3-8,14H2,1-2H3. The van der Waals surface area contributed by atoms with Crippen molar-refractivity contribution in [1.29, 1.82) is 0 Å². The topological polar surface area (TPSA) is 61.0 Å². The molecule has 0 fully saturated rings. The first-order chi connectivity index (χ1) is 8.26. The zero-order chi connectivity index (χ0) is 12.5. The van der Waals surface area contributed by atoms with Crippen molar-refractivity contribution < 1.29 is 4.74 Å². The first-order valence-electron chi connectivity index (χ1n) is 6.36. The van der Waals surface area contributed by atoms with E-state index in [1.807, 2.05) is 6.07 Å². The maximum Gasteiger partial charge on any atom is 0.216 e. The molecule has 4 heteroatoms. The predicted molar refractivity (Wildman–Crippen MR) is 69.0 cm³/mol. The highest BCUT2D eigenvalue weighted by atomic mass is 16.5. The lowest BCUT2D eigenvalue weighted by atomic mass is 10.0. The Kier molecular flexibility index (Phi) is 6.55. The van der Waals surface area contributed by atoms with Crippen molar-refractivity contribution in [2.75, 3.05) is 7.11 Å². The molecule has 4 nitrogen and oxygen atoms in total. The van der Waals surface area contributed by atoms with Gasteiger partial charge in [0.25, 0.3) is 0 Å². The van der Waals surface area contributed by atoms with E-state index in [1.54, 1.807) is 7.11 Å². The van der Waals surface area contributed by atoms with Gasteiger partial charge >= 0.3 is 0 Å². The monoisotopic (exact) mass is 237 g/mol. The number of methoxy groups -OCH3 is 1. The Hall–Kier alpha value is -1.16.